The van der Waals surface area contributed by atoms with Gasteiger partial charge in [-0.3, -0.25) is 9.59 Å². The quantitative estimate of drug-likeness (QED) is 0.207. The Balaban J connectivity index is 0.000000663. The summed E-state index contributed by atoms with van der Waals surface area (Å²) in [6.07, 6.45) is -5.78. The van der Waals surface area contributed by atoms with E-state index in [-0.39, 0.29) is 25.0 Å². The summed E-state index contributed by atoms with van der Waals surface area (Å²) >= 11 is 0. The van der Waals surface area contributed by atoms with Gasteiger partial charge in [-0.25, -0.2) is 0 Å². The Hall–Kier alpha value is -2.99. The first-order valence-electron chi connectivity index (χ1n) is 13.0. The van der Waals surface area contributed by atoms with Crippen LogP contribution < -0.4 is 5.73 Å². The summed E-state index contributed by atoms with van der Waals surface area (Å²) in [5.41, 5.74) is 7.09. The van der Waals surface area contributed by atoms with Crippen LogP contribution in [0.25, 0.3) is 0 Å². The van der Waals surface area contributed by atoms with Crippen LogP contribution in [0.4, 0.5) is 18.9 Å². The van der Waals surface area contributed by atoms with Crippen LogP contribution in [0.1, 0.15) is 57.2 Å². The smallest absolute Gasteiger partial charge is 0.416 e. The summed E-state index contributed by atoms with van der Waals surface area (Å²) in [7, 11) is 0. The number of nitrogen functional groups attached to an aromatic ring is 1. The van der Waals surface area contributed by atoms with E-state index in [9.17, 15) is 22.8 Å². The number of halogens is 3. The van der Waals surface area contributed by atoms with Gasteiger partial charge in [0, 0.05) is 38.5 Å². The number of carbonyl (C=O) groups is 2. The van der Waals surface area contributed by atoms with E-state index < -0.39 is 30.3 Å². The van der Waals surface area contributed by atoms with Crippen molar-refractivity contribution in [1.82, 2.24) is 0 Å². The minimum Gasteiger partial charge on any atom is -0.481 e. The molecule has 0 spiro atoms. The molecule has 0 aliphatic carbocycles. The monoisotopic (exact) mass is 573 g/mol. The van der Waals surface area contributed by atoms with Crippen molar-refractivity contribution in [1.29, 1.82) is 0 Å². The molecular formula is C29H42F3NO7. The Morgan fingerprint density at radius 2 is 1.32 bits per heavy atom. The van der Waals surface area contributed by atoms with Crippen LogP contribution >= 0.6 is 0 Å². The molecule has 2 aromatic carbocycles. The average molecular weight is 574 g/mol. The highest BCUT2D eigenvalue weighted by molar-refractivity contribution is 5.81. The zero-order valence-electron chi connectivity index (χ0n) is 23.8. The van der Waals surface area contributed by atoms with Crippen LogP contribution in [0.15, 0.2) is 48.5 Å². The zero-order chi connectivity index (χ0) is 30.6. The maximum atomic E-state index is 12.6. The summed E-state index contributed by atoms with van der Waals surface area (Å²) in [6.45, 7) is 10.9. The molecule has 0 aromatic heterocycles. The fraction of sp³-hybridized carbons (Fsp3) is 0.517. The number of anilines is 1. The molecule has 0 unspecified atom stereocenters. The van der Waals surface area contributed by atoms with E-state index >= 15 is 0 Å². The Morgan fingerprint density at radius 3 is 1.73 bits per heavy atom. The third-order valence-electron chi connectivity index (χ3n) is 4.84. The van der Waals surface area contributed by atoms with E-state index in [0.29, 0.717) is 32.0 Å². The first-order valence-corrected chi connectivity index (χ1v) is 13.0. The summed E-state index contributed by atoms with van der Waals surface area (Å²) in [4.78, 5) is 22.1. The van der Waals surface area contributed by atoms with Gasteiger partial charge in [-0.1, -0.05) is 30.3 Å². The Bertz CT molecular complexity index is 957. The van der Waals surface area contributed by atoms with Crippen molar-refractivity contribution >= 4 is 17.4 Å². The van der Waals surface area contributed by atoms with Crippen LogP contribution in [0, 0.1) is 6.92 Å². The maximum absolute atomic E-state index is 12.6. The van der Waals surface area contributed by atoms with Crippen molar-refractivity contribution in [2.24, 2.45) is 0 Å². The zero-order valence-corrected chi connectivity index (χ0v) is 23.8. The first kappa shape index (κ1) is 37.0. The van der Waals surface area contributed by atoms with Gasteiger partial charge >= 0.3 is 12.1 Å². The second-order valence-corrected chi connectivity index (χ2v) is 8.31. The van der Waals surface area contributed by atoms with E-state index in [1.54, 1.807) is 27.7 Å². The highest BCUT2D eigenvalue weighted by Crippen LogP contribution is 2.29. The normalized spacial score (nSPS) is 10.9. The lowest BCUT2D eigenvalue weighted by Gasteiger charge is -2.16. The number of rotatable bonds is 14. The molecule has 0 aliphatic heterocycles. The van der Waals surface area contributed by atoms with Gasteiger partial charge in [-0.05, 0) is 63.9 Å². The Kier molecular flexibility index (Phi) is 19.3. The number of carboxylic acid groups (broad SMARTS) is 1. The number of hydrogen-bond donors (Lipinski definition) is 2. The van der Waals surface area contributed by atoms with Gasteiger partial charge in [0.1, 0.15) is 5.78 Å². The van der Waals surface area contributed by atoms with E-state index in [0.717, 1.165) is 17.8 Å². The number of benzene rings is 2. The highest BCUT2D eigenvalue weighted by atomic mass is 19.4. The molecule has 3 N–H and O–H groups in total. The molecule has 0 saturated carbocycles. The molecule has 2 aromatic rings. The minimum absolute atomic E-state index is 0.0257. The summed E-state index contributed by atoms with van der Waals surface area (Å²) in [5, 5.41) is 8.38. The lowest BCUT2D eigenvalue weighted by Crippen LogP contribution is -2.22. The van der Waals surface area contributed by atoms with Gasteiger partial charge in [0.2, 0.25) is 0 Å². The van der Waals surface area contributed by atoms with Crippen LogP contribution in [0.5, 0.6) is 0 Å². The van der Waals surface area contributed by atoms with Crippen molar-refractivity contribution < 1.29 is 46.8 Å². The topological polar surface area (TPSA) is 117 Å². The molecule has 11 heteroatoms. The molecular weight excluding hydrogens is 531 g/mol. The largest absolute Gasteiger partial charge is 0.481 e. The molecule has 0 heterocycles. The SMILES string of the molecule is CCOC(CC(=O)Cc1cccc(C(F)(F)F)c1)OCC.CCOC(CC(=O)O)OCC.Cc1cccc(N)c1. The number of Topliss-reactive ketones (excluding diaryl/α,β-unsaturated/α-hetero) is 1. The molecule has 0 fully saturated rings. The lowest BCUT2D eigenvalue weighted by atomic mass is 10.0. The van der Waals surface area contributed by atoms with E-state index in [4.69, 9.17) is 29.8 Å². The van der Waals surface area contributed by atoms with Crippen LogP contribution in [0.3, 0.4) is 0 Å². The number of carbonyl (C=O) groups excluding carboxylic acids is 1. The molecule has 0 bridgehead atoms. The van der Waals surface area contributed by atoms with E-state index in [1.807, 2.05) is 31.2 Å². The molecule has 0 amide bonds. The van der Waals surface area contributed by atoms with Gasteiger partial charge in [0.25, 0.3) is 0 Å². The number of carboxylic acids is 1. The predicted molar refractivity (Wildman–Crippen MR) is 147 cm³/mol. The third kappa shape index (κ3) is 18.3. The van der Waals surface area contributed by atoms with Crippen LogP contribution in [-0.4, -0.2) is 55.9 Å². The van der Waals surface area contributed by atoms with E-state index in [2.05, 4.69) is 0 Å². The highest BCUT2D eigenvalue weighted by Gasteiger charge is 2.30. The number of aliphatic carboxylic acids is 1. The molecule has 0 radical (unpaired) electrons. The van der Waals surface area contributed by atoms with E-state index in [1.165, 1.54) is 17.7 Å². The number of nitrogens with two attached hydrogens (primary N) is 1. The second-order valence-electron chi connectivity index (χ2n) is 8.31. The van der Waals surface area contributed by atoms with Crippen molar-refractivity contribution in [3.63, 3.8) is 0 Å². The molecule has 0 aliphatic rings. The van der Waals surface area contributed by atoms with Gasteiger partial charge in [-0.2, -0.15) is 13.2 Å². The molecule has 0 atom stereocenters. The third-order valence-corrected chi connectivity index (χ3v) is 4.84. The molecule has 226 valence electrons. The van der Waals surface area contributed by atoms with Gasteiger partial charge in [0.05, 0.1) is 18.4 Å². The molecule has 0 saturated heterocycles. The number of alkyl halides is 3. The van der Waals surface area contributed by atoms with Crippen LogP contribution in [-0.2, 0) is 41.1 Å². The lowest BCUT2D eigenvalue weighted by molar-refractivity contribution is -0.164. The minimum atomic E-state index is -4.40. The van der Waals surface area contributed by atoms with Gasteiger partial charge < -0.3 is 29.8 Å². The van der Waals surface area contributed by atoms with Crippen molar-refractivity contribution in [3.8, 4) is 0 Å². The van der Waals surface area contributed by atoms with Crippen molar-refractivity contribution in [2.45, 2.75) is 72.6 Å². The Morgan fingerprint density at radius 1 is 0.825 bits per heavy atom. The second kappa shape index (κ2) is 20.8. The van der Waals surface area contributed by atoms with Gasteiger partial charge in [0.15, 0.2) is 12.6 Å². The number of ketones is 1. The number of ether oxygens (including phenoxy) is 4. The molecule has 2 rings (SSSR count). The van der Waals surface area contributed by atoms with Gasteiger partial charge in [-0.15, -0.1) is 0 Å². The van der Waals surface area contributed by atoms with Crippen molar-refractivity contribution in [3.05, 3.63) is 65.2 Å². The predicted octanol–water partition coefficient (Wildman–Crippen LogP) is 6.04. The average Bonchev–Trinajstić information content (AvgIpc) is 2.84. The summed E-state index contributed by atoms with van der Waals surface area (Å²) in [5.74, 6) is -1.13. The van der Waals surface area contributed by atoms with Crippen molar-refractivity contribution in [2.75, 3.05) is 32.2 Å². The Labute approximate surface area is 234 Å². The first-order chi connectivity index (χ1) is 18.9. The standard InChI is InChI=1S/C15H19F3O3.C7H9N.C7H14O4/c1-3-20-14(21-4-2)10-13(19)9-11-6-5-7-12(8-11)15(16,17)18;1-6-3-2-4-7(8)5-6;1-3-10-7(11-4-2)5-6(8)9/h5-8,14H,3-4,9-10H2,1-2H3;2-5H,8H2,1H3;7H,3-5H2,1-2H3,(H,8,9). The number of hydrogen-bond acceptors (Lipinski definition) is 7. The molecule has 40 heavy (non-hydrogen) atoms. The summed E-state index contributed by atoms with van der Waals surface area (Å²) in [6, 6.07) is 12.6. The number of aryl methyl sites for hydroxylation is 1. The summed E-state index contributed by atoms with van der Waals surface area (Å²) < 4.78 is 58.2. The fourth-order valence-corrected chi connectivity index (χ4v) is 3.23. The maximum Gasteiger partial charge on any atom is 0.416 e. The molecule has 8 nitrogen and oxygen atoms in total. The van der Waals surface area contributed by atoms with Crippen LogP contribution in [0.2, 0.25) is 0 Å². The fourth-order valence-electron chi connectivity index (χ4n) is 3.23.